The van der Waals surface area contributed by atoms with Crippen LogP contribution in [-0.4, -0.2) is 38.6 Å². The molecule has 6 heteroatoms. The van der Waals surface area contributed by atoms with Gasteiger partial charge in [-0.25, -0.2) is 0 Å². The average Bonchev–Trinajstić information content (AvgIpc) is 3.55. The van der Waals surface area contributed by atoms with Gasteiger partial charge >= 0.3 is 0 Å². The standard InChI is InChI=1S/C34H40N4O2/c1-24(39)27-9-5-8-26(18-27)7-4-6-25-12-16-37(17-13-25)23-30-11-10-29(22-35-30)36-34(40)33-21-31(19-28-20-32(28)33)38-14-2-3-15-38/h2-3,5,8-11,14-15,18-19,21-22,24-25,28,32,39H,4,6-7,12-13,16-17,20,23H2,1H3,(H,36,40). The summed E-state index contributed by atoms with van der Waals surface area (Å²) in [5.74, 6) is 1.59. The molecule has 3 heterocycles. The molecule has 40 heavy (non-hydrogen) atoms. The average molecular weight is 537 g/mol. The lowest BCUT2D eigenvalue weighted by atomic mass is 9.90. The van der Waals surface area contributed by atoms with Gasteiger partial charge in [0.25, 0.3) is 5.91 Å². The zero-order chi connectivity index (χ0) is 27.5. The number of anilines is 1. The normalized spacial score (nSPS) is 21.8. The van der Waals surface area contributed by atoms with Gasteiger partial charge in [-0.3, -0.25) is 14.7 Å². The molecule has 3 aliphatic rings. The van der Waals surface area contributed by atoms with Crippen molar-refractivity contribution in [2.45, 2.75) is 58.1 Å². The molecule has 2 fully saturated rings. The molecule has 3 unspecified atom stereocenters. The largest absolute Gasteiger partial charge is 0.389 e. The lowest BCUT2D eigenvalue weighted by Gasteiger charge is -2.31. The highest BCUT2D eigenvalue weighted by molar-refractivity contribution is 6.06. The second-order valence-electron chi connectivity index (χ2n) is 11.8. The van der Waals surface area contributed by atoms with Crippen LogP contribution in [0.2, 0.25) is 0 Å². The van der Waals surface area contributed by atoms with Gasteiger partial charge in [0.1, 0.15) is 0 Å². The first-order valence-electron chi connectivity index (χ1n) is 14.8. The Morgan fingerprint density at radius 3 is 2.70 bits per heavy atom. The molecule has 208 valence electrons. The minimum Gasteiger partial charge on any atom is -0.389 e. The number of carbonyl (C=O) groups excluding carboxylic acids is 1. The van der Waals surface area contributed by atoms with Gasteiger partial charge in [-0.15, -0.1) is 0 Å². The molecule has 1 aromatic carbocycles. The highest BCUT2D eigenvalue weighted by atomic mass is 16.3. The Bertz CT molecular complexity index is 1370. The van der Waals surface area contributed by atoms with E-state index < -0.39 is 6.10 Å². The molecule has 1 aliphatic heterocycles. The lowest BCUT2D eigenvalue weighted by Crippen LogP contribution is -2.33. The van der Waals surface area contributed by atoms with Crippen molar-refractivity contribution in [3.8, 4) is 0 Å². The van der Waals surface area contributed by atoms with Gasteiger partial charge in [0, 0.05) is 30.2 Å². The number of amides is 1. The van der Waals surface area contributed by atoms with Crippen LogP contribution < -0.4 is 5.32 Å². The maximum atomic E-state index is 13.1. The van der Waals surface area contributed by atoms with Gasteiger partial charge in [0.05, 0.1) is 23.7 Å². The molecule has 0 spiro atoms. The molecule has 6 rings (SSSR count). The number of rotatable bonds is 10. The number of aliphatic hydroxyl groups is 1. The van der Waals surface area contributed by atoms with E-state index in [1.54, 1.807) is 6.20 Å². The van der Waals surface area contributed by atoms with E-state index in [1.165, 1.54) is 31.2 Å². The van der Waals surface area contributed by atoms with Crippen molar-refractivity contribution in [3.05, 3.63) is 102 Å². The summed E-state index contributed by atoms with van der Waals surface area (Å²) >= 11 is 0. The first kappa shape index (κ1) is 26.7. The second-order valence-corrected chi connectivity index (χ2v) is 11.8. The number of hydrogen-bond donors (Lipinski definition) is 2. The molecule has 2 aliphatic carbocycles. The fraction of sp³-hybridized carbons (Fsp3) is 0.412. The van der Waals surface area contributed by atoms with Crippen LogP contribution in [0, 0.1) is 17.8 Å². The molecule has 6 nitrogen and oxygen atoms in total. The highest BCUT2D eigenvalue weighted by Crippen LogP contribution is 2.49. The molecule has 2 aromatic heterocycles. The molecule has 0 bridgehead atoms. The van der Waals surface area contributed by atoms with Crippen molar-refractivity contribution in [1.82, 2.24) is 14.5 Å². The summed E-state index contributed by atoms with van der Waals surface area (Å²) in [5, 5.41) is 12.9. The number of benzene rings is 1. The Kier molecular flexibility index (Phi) is 7.98. The van der Waals surface area contributed by atoms with Gasteiger partial charge in [0.15, 0.2) is 0 Å². The van der Waals surface area contributed by atoms with Crippen LogP contribution in [0.1, 0.15) is 62.0 Å². The van der Waals surface area contributed by atoms with E-state index in [4.69, 9.17) is 0 Å². The molecule has 2 N–H and O–H groups in total. The van der Waals surface area contributed by atoms with Gasteiger partial charge in [-0.2, -0.15) is 0 Å². The molecule has 3 atom stereocenters. The SMILES string of the molecule is CC(O)c1cccc(CCCC2CCN(Cc3ccc(NC(=O)C4=CC(n5cccc5)=CC5CC45)cn3)CC2)c1. The van der Waals surface area contributed by atoms with Crippen LogP contribution in [0.15, 0.2) is 84.8 Å². The number of fused-ring (bicyclic) bond motifs is 1. The highest BCUT2D eigenvalue weighted by Gasteiger charge is 2.43. The summed E-state index contributed by atoms with van der Waals surface area (Å²) in [4.78, 5) is 20.3. The van der Waals surface area contributed by atoms with Crippen LogP contribution in [0.5, 0.6) is 0 Å². The maximum absolute atomic E-state index is 13.1. The maximum Gasteiger partial charge on any atom is 0.252 e. The topological polar surface area (TPSA) is 70.4 Å². The predicted molar refractivity (Wildman–Crippen MR) is 159 cm³/mol. The number of nitrogens with zero attached hydrogens (tertiary/aromatic N) is 3. The molecule has 0 radical (unpaired) electrons. The number of aromatic nitrogens is 2. The van der Waals surface area contributed by atoms with E-state index in [0.717, 1.165) is 66.6 Å². The Balaban J connectivity index is 0.942. The van der Waals surface area contributed by atoms with Crippen LogP contribution in [0.4, 0.5) is 5.69 Å². The number of likely N-dealkylation sites (tertiary alicyclic amines) is 1. The van der Waals surface area contributed by atoms with E-state index in [1.807, 2.05) is 55.7 Å². The number of pyridine rings is 1. The second kappa shape index (κ2) is 11.9. The van der Waals surface area contributed by atoms with Crippen molar-refractivity contribution < 1.29 is 9.90 Å². The molecule has 1 saturated heterocycles. The van der Waals surface area contributed by atoms with Crippen molar-refractivity contribution in [2.75, 3.05) is 18.4 Å². The number of aliphatic hydroxyl groups excluding tert-OH is 1. The van der Waals surface area contributed by atoms with Crippen molar-refractivity contribution in [1.29, 1.82) is 0 Å². The third kappa shape index (κ3) is 6.45. The monoisotopic (exact) mass is 536 g/mol. The summed E-state index contributed by atoms with van der Waals surface area (Å²) in [6.07, 6.45) is 16.8. The van der Waals surface area contributed by atoms with Crippen molar-refractivity contribution in [3.63, 3.8) is 0 Å². The summed E-state index contributed by atoms with van der Waals surface area (Å²) in [5.41, 5.74) is 6.08. The van der Waals surface area contributed by atoms with E-state index in [-0.39, 0.29) is 5.91 Å². The zero-order valence-electron chi connectivity index (χ0n) is 23.4. The number of piperidine rings is 1. The molecule has 1 amide bonds. The quantitative estimate of drug-likeness (QED) is 0.322. The minimum absolute atomic E-state index is 0.0162. The van der Waals surface area contributed by atoms with E-state index in [2.05, 4.69) is 44.0 Å². The number of allylic oxidation sites excluding steroid dienone is 3. The fourth-order valence-electron chi connectivity index (χ4n) is 6.25. The first-order chi connectivity index (χ1) is 19.5. The zero-order valence-corrected chi connectivity index (χ0v) is 23.4. The summed E-state index contributed by atoms with van der Waals surface area (Å²) in [6.45, 7) is 4.89. The van der Waals surface area contributed by atoms with Gasteiger partial charge < -0.3 is 15.0 Å². The number of hydrogen-bond acceptors (Lipinski definition) is 4. The Morgan fingerprint density at radius 1 is 1.12 bits per heavy atom. The lowest BCUT2D eigenvalue weighted by molar-refractivity contribution is -0.113. The first-order valence-corrected chi connectivity index (χ1v) is 14.8. The summed E-state index contributed by atoms with van der Waals surface area (Å²) in [6, 6.07) is 16.4. The van der Waals surface area contributed by atoms with Gasteiger partial charge in [-0.05, 0) is 111 Å². The Labute approximate surface area is 237 Å². The number of carbonyl (C=O) groups is 1. The molecule has 3 aromatic rings. The van der Waals surface area contributed by atoms with Crippen LogP contribution in [-0.2, 0) is 17.8 Å². The third-order valence-electron chi connectivity index (χ3n) is 8.78. The third-order valence-corrected chi connectivity index (χ3v) is 8.78. The van der Waals surface area contributed by atoms with Crippen LogP contribution in [0.25, 0.3) is 5.70 Å². The predicted octanol–water partition coefficient (Wildman–Crippen LogP) is 6.23. The Morgan fingerprint density at radius 2 is 1.95 bits per heavy atom. The van der Waals surface area contributed by atoms with Crippen LogP contribution in [0.3, 0.4) is 0 Å². The number of nitrogens with one attached hydrogen (secondary N) is 1. The van der Waals surface area contributed by atoms with E-state index in [0.29, 0.717) is 11.8 Å². The summed E-state index contributed by atoms with van der Waals surface area (Å²) in [7, 11) is 0. The summed E-state index contributed by atoms with van der Waals surface area (Å²) < 4.78 is 2.07. The van der Waals surface area contributed by atoms with E-state index >= 15 is 0 Å². The van der Waals surface area contributed by atoms with Gasteiger partial charge in [0.2, 0.25) is 0 Å². The van der Waals surface area contributed by atoms with Crippen molar-refractivity contribution >= 4 is 17.3 Å². The molecular weight excluding hydrogens is 496 g/mol. The Hall–Kier alpha value is -3.48. The van der Waals surface area contributed by atoms with Crippen LogP contribution >= 0.6 is 0 Å². The minimum atomic E-state index is -0.403. The fourth-order valence-corrected chi connectivity index (χ4v) is 6.25. The van der Waals surface area contributed by atoms with E-state index in [9.17, 15) is 9.90 Å². The van der Waals surface area contributed by atoms with Gasteiger partial charge in [-0.1, -0.05) is 36.8 Å². The smallest absolute Gasteiger partial charge is 0.252 e. The molecule has 1 saturated carbocycles. The molecular formula is C34H40N4O2. The number of aryl methyl sites for hydroxylation is 1. The van der Waals surface area contributed by atoms with Crippen molar-refractivity contribution in [2.24, 2.45) is 17.8 Å².